The summed E-state index contributed by atoms with van der Waals surface area (Å²) in [6, 6.07) is 15.4. The summed E-state index contributed by atoms with van der Waals surface area (Å²) >= 11 is 0. The monoisotopic (exact) mass is 406 g/mol. The van der Waals surface area contributed by atoms with Crippen molar-refractivity contribution in [3.05, 3.63) is 65.2 Å². The molecule has 0 unspecified atom stereocenters. The first-order valence-electron chi connectivity index (χ1n) is 11.1. The smallest absolute Gasteiger partial charge is 0.257 e. The first-order valence-corrected chi connectivity index (χ1v) is 11.1. The number of likely N-dealkylation sites (tertiary alicyclic amines) is 2. The van der Waals surface area contributed by atoms with Crippen LogP contribution in [0.5, 0.6) is 5.75 Å². The van der Waals surface area contributed by atoms with E-state index in [0.717, 1.165) is 31.5 Å². The highest BCUT2D eigenvalue weighted by atomic mass is 16.3. The summed E-state index contributed by atoms with van der Waals surface area (Å²) in [6.45, 7) is 2.87. The Labute approximate surface area is 178 Å². The first-order chi connectivity index (χ1) is 14.6. The standard InChI is InChI=1S/C25H30N2O3/c28-23-10-9-20(17-19-7-3-1-4-8-19)18-22(23)25(30)27-15-11-21(12-16-27)24(29)26-13-5-2-6-14-26/h1,3-4,7-10,18,21,28H,2,5-6,11-17H2. The van der Waals surface area contributed by atoms with Gasteiger partial charge in [-0.1, -0.05) is 36.4 Å². The lowest BCUT2D eigenvalue weighted by Crippen LogP contribution is -2.45. The van der Waals surface area contributed by atoms with Gasteiger partial charge in [0.05, 0.1) is 5.56 Å². The van der Waals surface area contributed by atoms with E-state index in [2.05, 4.69) is 12.1 Å². The van der Waals surface area contributed by atoms with Gasteiger partial charge in [0.25, 0.3) is 5.91 Å². The van der Waals surface area contributed by atoms with Gasteiger partial charge < -0.3 is 14.9 Å². The maximum absolute atomic E-state index is 13.1. The van der Waals surface area contributed by atoms with Crippen LogP contribution >= 0.6 is 0 Å². The fraction of sp³-hybridized carbons (Fsp3) is 0.440. The number of phenolic OH excluding ortho intramolecular Hbond substituents is 1. The zero-order valence-electron chi connectivity index (χ0n) is 17.4. The molecule has 0 spiro atoms. The molecule has 2 aromatic carbocycles. The molecule has 5 heteroatoms. The molecular weight excluding hydrogens is 376 g/mol. The Bertz CT molecular complexity index is 883. The fourth-order valence-electron chi connectivity index (χ4n) is 4.57. The minimum atomic E-state index is -0.147. The summed E-state index contributed by atoms with van der Waals surface area (Å²) in [7, 11) is 0. The second kappa shape index (κ2) is 9.33. The van der Waals surface area contributed by atoms with Crippen LogP contribution in [0.2, 0.25) is 0 Å². The van der Waals surface area contributed by atoms with Crippen LogP contribution < -0.4 is 0 Å². The number of benzene rings is 2. The van der Waals surface area contributed by atoms with Gasteiger partial charge in [0.1, 0.15) is 5.75 Å². The van der Waals surface area contributed by atoms with Gasteiger partial charge in [-0.3, -0.25) is 9.59 Å². The predicted octanol–water partition coefficient (Wildman–Crippen LogP) is 3.85. The molecule has 2 saturated heterocycles. The minimum absolute atomic E-state index is 0.0170. The lowest BCUT2D eigenvalue weighted by atomic mass is 9.93. The van der Waals surface area contributed by atoms with E-state index in [4.69, 9.17) is 0 Å². The van der Waals surface area contributed by atoms with Gasteiger partial charge in [0.15, 0.2) is 0 Å². The van der Waals surface area contributed by atoms with Crippen LogP contribution in [0, 0.1) is 5.92 Å². The second-order valence-corrected chi connectivity index (χ2v) is 8.47. The summed E-state index contributed by atoms with van der Waals surface area (Å²) in [5, 5.41) is 10.3. The number of aromatic hydroxyl groups is 1. The molecule has 30 heavy (non-hydrogen) atoms. The molecule has 0 bridgehead atoms. The largest absolute Gasteiger partial charge is 0.507 e. The normalized spacial score (nSPS) is 17.7. The van der Waals surface area contributed by atoms with E-state index in [9.17, 15) is 14.7 Å². The van der Waals surface area contributed by atoms with Crippen molar-refractivity contribution in [2.75, 3.05) is 26.2 Å². The Morgan fingerprint density at radius 2 is 1.53 bits per heavy atom. The van der Waals surface area contributed by atoms with Crippen molar-refractivity contribution in [3.63, 3.8) is 0 Å². The predicted molar refractivity (Wildman–Crippen MR) is 116 cm³/mol. The van der Waals surface area contributed by atoms with Crippen molar-refractivity contribution in [3.8, 4) is 5.75 Å². The van der Waals surface area contributed by atoms with Gasteiger partial charge in [0, 0.05) is 32.1 Å². The fourth-order valence-corrected chi connectivity index (χ4v) is 4.57. The van der Waals surface area contributed by atoms with Crippen molar-refractivity contribution in [2.24, 2.45) is 5.92 Å². The van der Waals surface area contributed by atoms with Crippen LogP contribution in [-0.4, -0.2) is 52.9 Å². The second-order valence-electron chi connectivity index (χ2n) is 8.47. The van der Waals surface area contributed by atoms with Crippen LogP contribution in [0.25, 0.3) is 0 Å². The van der Waals surface area contributed by atoms with E-state index in [1.54, 1.807) is 17.0 Å². The van der Waals surface area contributed by atoms with Gasteiger partial charge in [-0.15, -0.1) is 0 Å². The summed E-state index contributed by atoms with van der Waals surface area (Å²) in [5.74, 6) is 0.147. The topological polar surface area (TPSA) is 60.9 Å². The molecule has 0 saturated carbocycles. The van der Waals surface area contributed by atoms with E-state index in [0.29, 0.717) is 37.9 Å². The highest BCUT2D eigenvalue weighted by Gasteiger charge is 2.31. The molecule has 0 aliphatic carbocycles. The molecule has 0 radical (unpaired) electrons. The number of carbonyl (C=O) groups is 2. The van der Waals surface area contributed by atoms with Crippen LogP contribution in [0.4, 0.5) is 0 Å². The van der Waals surface area contributed by atoms with Gasteiger partial charge in [-0.25, -0.2) is 0 Å². The zero-order chi connectivity index (χ0) is 20.9. The third-order valence-corrected chi connectivity index (χ3v) is 6.34. The number of phenols is 1. The SMILES string of the molecule is O=C(c1cc(Cc2ccccc2)ccc1O)N1CCC(C(=O)N2CCCCC2)CC1. The minimum Gasteiger partial charge on any atom is -0.507 e. The Balaban J connectivity index is 1.39. The maximum atomic E-state index is 13.1. The number of nitrogens with zero attached hydrogens (tertiary/aromatic N) is 2. The molecule has 4 rings (SSSR count). The van der Waals surface area contributed by atoms with E-state index >= 15 is 0 Å². The number of piperidine rings is 2. The highest BCUT2D eigenvalue weighted by molar-refractivity contribution is 5.97. The molecule has 1 N–H and O–H groups in total. The van der Waals surface area contributed by atoms with Crippen molar-refractivity contribution in [2.45, 2.75) is 38.5 Å². The van der Waals surface area contributed by atoms with E-state index in [1.165, 1.54) is 12.0 Å². The first kappa shape index (κ1) is 20.5. The Morgan fingerprint density at radius 1 is 0.833 bits per heavy atom. The average Bonchev–Trinajstić information content (AvgIpc) is 2.81. The molecule has 2 amide bonds. The number of amides is 2. The molecule has 2 aliphatic rings. The summed E-state index contributed by atoms with van der Waals surface area (Å²) in [6.07, 6.45) is 5.53. The van der Waals surface area contributed by atoms with E-state index in [-0.39, 0.29) is 23.5 Å². The summed E-state index contributed by atoms with van der Waals surface area (Å²) in [4.78, 5) is 29.6. The van der Waals surface area contributed by atoms with Crippen molar-refractivity contribution in [1.29, 1.82) is 0 Å². The lowest BCUT2D eigenvalue weighted by Gasteiger charge is -2.35. The van der Waals surface area contributed by atoms with Crippen LogP contribution in [0.3, 0.4) is 0 Å². The Kier molecular flexibility index (Phi) is 6.36. The quantitative estimate of drug-likeness (QED) is 0.839. The lowest BCUT2D eigenvalue weighted by molar-refractivity contribution is -0.137. The van der Waals surface area contributed by atoms with Gasteiger partial charge in [0.2, 0.25) is 5.91 Å². The van der Waals surface area contributed by atoms with Gasteiger partial charge in [-0.05, 0) is 61.8 Å². The maximum Gasteiger partial charge on any atom is 0.257 e. The number of hydrogen-bond acceptors (Lipinski definition) is 3. The third kappa shape index (κ3) is 4.66. The van der Waals surface area contributed by atoms with Gasteiger partial charge >= 0.3 is 0 Å². The molecule has 2 aliphatic heterocycles. The Hall–Kier alpha value is -2.82. The van der Waals surface area contributed by atoms with Crippen LogP contribution in [0.1, 0.15) is 53.6 Å². The Morgan fingerprint density at radius 3 is 2.23 bits per heavy atom. The molecule has 0 aromatic heterocycles. The summed E-state index contributed by atoms with van der Waals surface area (Å²) in [5.41, 5.74) is 2.51. The molecule has 2 aromatic rings. The van der Waals surface area contributed by atoms with E-state index < -0.39 is 0 Å². The highest BCUT2D eigenvalue weighted by Crippen LogP contribution is 2.26. The van der Waals surface area contributed by atoms with Crippen LogP contribution in [-0.2, 0) is 11.2 Å². The molecular formula is C25H30N2O3. The number of rotatable bonds is 4. The molecule has 2 heterocycles. The van der Waals surface area contributed by atoms with E-state index in [1.807, 2.05) is 29.2 Å². The molecule has 158 valence electrons. The molecule has 5 nitrogen and oxygen atoms in total. The van der Waals surface area contributed by atoms with Crippen LogP contribution in [0.15, 0.2) is 48.5 Å². The zero-order valence-corrected chi connectivity index (χ0v) is 17.4. The van der Waals surface area contributed by atoms with Crippen molar-refractivity contribution >= 4 is 11.8 Å². The average molecular weight is 407 g/mol. The molecule has 0 atom stereocenters. The van der Waals surface area contributed by atoms with Gasteiger partial charge in [-0.2, -0.15) is 0 Å². The number of hydrogen-bond donors (Lipinski definition) is 1. The van der Waals surface area contributed by atoms with Crippen molar-refractivity contribution in [1.82, 2.24) is 9.80 Å². The molecule has 2 fully saturated rings. The third-order valence-electron chi connectivity index (χ3n) is 6.34. The van der Waals surface area contributed by atoms with Crippen molar-refractivity contribution < 1.29 is 14.7 Å². The summed E-state index contributed by atoms with van der Waals surface area (Å²) < 4.78 is 0. The number of carbonyl (C=O) groups excluding carboxylic acids is 2.